The maximum Gasteiger partial charge on any atom is 0.317 e. The molecule has 46 nitrogen and oxygen atoms in total. The second-order valence-corrected chi connectivity index (χ2v) is 32.3. The number of hydrogen-bond acceptors (Lipinski definition) is 37. The zero-order chi connectivity index (χ0) is 93.0. The minimum Gasteiger partial charge on any atom is -0.480 e. The van der Waals surface area contributed by atoms with Crippen LogP contribution in [-0.4, -0.2) is 622 Å². The molecule has 0 aromatic carbocycles. The number of rotatable bonds is 54. The van der Waals surface area contributed by atoms with Gasteiger partial charge in [0.1, 0.15) is 18.3 Å². The van der Waals surface area contributed by atoms with Crippen molar-refractivity contribution in [2.24, 2.45) is 0 Å². The van der Waals surface area contributed by atoms with Gasteiger partial charge in [-0.2, -0.15) is 0 Å². The SMILES string of the molecule is CCCOCCOCCN(CCOCCOCCO)CC(O)CN1CCN(CC(=O)O)CCN(CC(=O)O)CCN(CC(=O)O)CC1.CCN(CC(O)CN1CCN(CC(=O)O)CCN(CC(=O)O)CCN(CC(=O)O)CC1)C1CCCCC1.CN(CC(O)CN1CCN(CC(=O)O)CCN(CC(=O)O)CCN(CC(=O)O)CC1)CC(O)C(O)C(O)C(O)CO. The maximum atomic E-state index is 11.6. The van der Waals surface area contributed by atoms with E-state index in [0.29, 0.717) is 216 Å². The molecule has 1 aliphatic carbocycles. The van der Waals surface area contributed by atoms with E-state index in [1.807, 2.05) is 21.6 Å². The Balaban J connectivity index is 0.000000639. The van der Waals surface area contributed by atoms with E-state index in [4.69, 9.17) is 29.2 Å². The molecule has 18 N–H and O–H groups in total. The molecule has 4 aliphatic rings. The number of aliphatic carboxylic acids is 9. The molecule has 0 bridgehead atoms. The molecule has 0 spiro atoms. The highest BCUT2D eigenvalue weighted by Crippen LogP contribution is 2.23. The summed E-state index contributed by atoms with van der Waals surface area (Å²) in [5.74, 6) is -8.97. The number of β-amino-alcohol motifs (C(OH)–C–C–N with tert-alkyl or cyclic N) is 3. The highest BCUT2D eigenvalue weighted by Gasteiger charge is 2.33. The summed E-state index contributed by atoms with van der Waals surface area (Å²) in [6.45, 7) is 17.3. The van der Waals surface area contributed by atoms with Gasteiger partial charge >= 0.3 is 53.7 Å². The molecule has 730 valence electrons. The Bertz CT molecular complexity index is 2810. The van der Waals surface area contributed by atoms with Crippen molar-refractivity contribution in [2.45, 2.75) is 101 Å². The average molecular weight is 1810 g/mol. The van der Waals surface area contributed by atoms with Crippen LogP contribution in [0.25, 0.3) is 0 Å². The molecule has 4 fully saturated rings. The number of nitrogens with zero attached hydrogens (tertiary/aromatic N) is 15. The van der Waals surface area contributed by atoms with Crippen LogP contribution in [0.3, 0.4) is 0 Å². The molecule has 0 radical (unpaired) electrons. The van der Waals surface area contributed by atoms with E-state index in [-0.39, 0.29) is 124 Å². The Morgan fingerprint density at radius 2 is 0.560 bits per heavy atom. The van der Waals surface area contributed by atoms with E-state index in [1.165, 1.54) is 24.2 Å². The molecule has 0 amide bonds. The van der Waals surface area contributed by atoms with Crippen LogP contribution in [0.2, 0.25) is 0 Å². The smallest absolute Gasteiger partial charge is 0.317 e. The standard InChI is InChI=1S/C30H59N5O12.C25H47N5O7.C24H47N5O12/c1-2-14-44-18-19-45-15-11-35(12-16-46-20-21-47-17-13-36)23-27(37)22-31-3-5-32(24-28(38)39)7-9-34(26-30(42)43)10-8-33(6-4-31)25-29(40)41;1-2-30(21-6-4-3-5-7-21)17-22(31)16-26-8-10-27(18-23(32)33)12-14-29(20-25(36)37)15-13-28(11-9-26)19-24(34)35;1-25(12-18(32)23(40)24(41)19(33)16-30)10-17(31)11-26-2-4-27(13-20(34)35)6-8-29(15-22(38)39)9-7-28(5-3-26)14-21(36)37/h27,36-37H,2-26H2,1H3,(H,38,39)(H,40,41)(H,42,43);21-22,31H,2-20H2,1H3,(H,32,33)(H,34,35)(H,36,37);17-19,23-24,30-33,40-41H,2-16H2,1H3,(H,34,35)(H,36,37)(H,38,39). The first-order valence-electron chi connectivity index (χ1n) is 43.6. The first-order chi connectivity index (χ1) is 59.5. The lowest BCUT2D eigenvalue weighted by Gasteiger charge is -2.37. The van der Waals surface area contributed by atoms with Gasteiger partial charge in [-0.15, -0.1) is 0 Å². The normalized spacial score (nSPS) is 20.0. The fourth-order valence-corrected chi connectivity index (χ4v) is 15.0. The topological polar surface area (TPSA) is 603 Å². The van der Waals surface area contributed by atoms with Gasteiger partial charge in [0.25, 0.3) is 0 Å². The fraction of sp³-hybridized carbons (Fsp3) is 0.886. The predicted octanol–water partition coefficient (Wildman–Crippen LogP) is -8.74. The molecule has 46 heteroatoms. The van der Waals surface area contributed by atoms with Crippen LogP contribution in [0.1, 0.15) is 52.4 Å². The Kier molecular flexibility index (Phi) is 63.7. The summed E-state index contributed by atoms with van der Waals surface area (Å²) in [6, 6.07) is 0.505. The zero-order valence-corrected chi connectivity index (χ0v) is 73.9. The molecule has 4 rings (SSSR count). The van der Waals surface area contributed by atoms with Gasteiger partial charge in [-0.05, 0) is 32.9 Å². The first-order valence-corrected chi connectivity index (χ1v) is 43.6. The van der Waals surface area contributed by atoms with Gasteiger partial charge in [0.15, 0.2) is 0 Å². The molecule has 0 aromatic heterocycles. The second kappa shape index (κ2) is 69.1. The number of carboxylic acids is 9. The molecule has 0 aromatic rings. The second-order valence-electron chi connectivity index (χ2n) is 32.3. The minimum absolute atomic E-state index is 0.0424. The van der Waals surface area contributed by atoms with Gasteiger partial charge in [0.2, 0.25) is 0 Å². The van der Waals surface area contributed by atoms with Crippen molar-refractivity contribution in [3.05, 3.63) is 0 Å². The summed E-state index contributed by atoms with van der Waals surface area (Å²) in [4.78, 5) is 130. The molecular formula is C79H153N15O31. The van der Waals surface area contributed by atoms with E-state index >= 15 is 0 Å². The van der Waals surface area contributed by atoms with Crippen molar-refractivity contribution in [1.29, 1.82) is 0 Å². The molecule has 1 saturated carbocycles. The highest BCUT2D eigenvalue weighted by atomic mass is 16.5. The van der Waals surface area contributed by atoms with Crippen molar-refractivity contribution in [3.8, 4) is 0 Å². The molecule has 7 atom stereocenters. The lowest BCUT2D eigenvalue weighted by atomic mass is 9.94. The third kappa shape index (κ3) is 59.1. The number of ether oxygens (including phenoxy) is 4. The summed E-state index contributed by atoms with van der Waals surface area (Å²) in [5, 5.41) is 174. The summed E-state index contributed by atoms with van der Waals surface area (Å²) >= 11 is 0. The van der Waals surface area contributed by atoms with Crippen molar-refractivity contribution in [3.63, 3.8) is 0 Å². The summed E-state index contributed by atoms with van der Waals surface area (Å²) in [6.07, 6.45) is -1.92. The average Bonchev–Trinajstić information content (AvgIpc) is 0.858. The molecule has 3 saturated heterocycles. The van der Waals surface area contributed by atoms with Gasteiger partial charge in [-0.25, -0.2) is 0 Å². The zero-order valence-electron chi connectivity index (χ0n) is 73.9. The first kappa shape index (κ1) is 115. The third-order valence-electron chi connectivity index (χ3n) is 21.6. The van der Waals surface area contributed by atoms with E-state index in [1.54, 1.807) is 51.1 Å². The van der Waals surface area contributed by atoms with Crippen molar-refractivity contribution in [1.82, 2.24) is 73.5 Å². The number of hydrogen-bond donors (Lipinski definition) is 18. The number of aliphatic hydroxyl groups is 9. The van der Waals surface area contributed by atoms with Gasteiger partial charge in [0.05, 0.1) is 143 Å². The number of carboxylic acid groups (broad SMARTS) is 9. The molecular weight excluding hydrogens is 1650 g/mol. The molecule has 3 aliphatic heterocycles. The monoisotopic (exact) mass is 1810 g/mol. The Morgan fingerprint density at radius 3 is 0.816 bits per heavy atom. The van der Waals surface area contributed by atoms with Crippen LogP contribution >= 0.6 is 0 Å². The predicted molar refractivity (Wildman–Crippen MR) is 454 cm³/mol. The highest BCUT2D eigenvalue weighted by molar-refractivity contribution is 5.72. The fourth-order valence-electron chi connectivity index (χ4n) is 15.0. The number of likely N-dealkylation sites (N-methyl/N-ethyl adjacent to an activating group) is 2. The van der Waals surface area contributed by atoms with Crippen LogP contribution < -0.4 is 0 Å². The summed E-state index contributed by atoms with van der Waals surface area (Å²) < 4.78 is 22.1. The van der Waals surface area contributed by atoms with Gasteiger partial charge < -0.3 is 116 Å². The Morgan fingerprint density at radius 1 is 0.312 bits per heavy atom. The summed E-state index contributed by atoms with van der Waals surface area (Å²) in [7, 11) is 1.57. The van der Waals surface area contributed by atoms with Crippen LogP contribution in [0, 0.1) is 0 Å². The Hall–Kier alpha value is -5.89. The van der Waals surface area contributed by atoms with E-state index in [2.05, 4.69) is 16.7 Å². The number of aliphatic hydroxyl groups excluding tert-OH is 9. The van der Waals surface area contributed by atoms with Crippen molar-refractivity contribution < 1.29 is 154 Å². The quantitative estimate of drug-likeness (QED) is 0.0252. The molecule has 125 heavy (non-hydrogen) atoms. The Labute approximate surface area is 734 Å². The van der Waals surface area contributed by atoms with Crippen LogP contribution in [-0.2, 0) is 62.1 Å². The van der Waals surface area contributed by atoms with Crippen LogP contribution in [0.15, 0.2) is 0 Å². The van der Waals surface area contributed by atoms with Gasteiger partial charge in [-0.1, -0.05) is 33.1 Å². The van der Waals surface area contributed by atoms with Crippen molar-refractivity contribution >= 4 is 53.7 Å². The minimum atomic E-state index is -1.77. The lowest BCUT2D eigenvalue weighted by Crippen LogP contribution is -2.51. The van der Waals surface area contributed by atoms with Gasteiger partial charge in [-0.3, -0.25) is 112 Å². The van der Waals surface area contributed by atoms with Crippen LogP contribution in [0.5, 0.6) is 0 Å². The lowest BCUT2D eigenvalue weighted by molar-refractivity contribution is -0.140. The van der Waals surface area contributed by atoms with Crippen molar-refractivity contribution in [2.75, 3.05) is 355 Å². The summed E-state index contributed by atoms with van der Waals surface area (Å²) in [5.41, 5.74) is 0. The van der Waals surface area contributed by atoms with Crippen LogP contribution in [0.4, 0.5) is 0 Å². The van der Waals surface area contributed by atoms with Gasteiger partial charge in [0, 0.05) is 229 Å². The van der Waals surface area contributed by atoms with E-state index < -0.39 is 103 Å². The maximum absolute atomic E-state index is 11.6. The molecule has 7 unspecified atom stereocenters. The van der Waals surface area contributed by atoms with E-state index in [9.17, 15) is 125 Å². The number of carbonyl (C=O) groups is 9. The molecule has 3 heterocycles. The largest absolute Gasteiger partial charge is 0.480 e. The van der Waals surface area contributed by atoms with E-state index in [0.717, 1.165) is 25.8 Å². The third-order valence-corrected chi connectivity index (χ3v) is 21.6.